The molecule has 0 aliphatic carbocycles. The number of rotatable bonds is 5. The lowest BCUT2D eigenvalue weighted by Gasteiger charge is -2.24. The number of likely N-dealkylation sites (tertiary alicyclic amines) is 1. The molecular weight excluding hydrogens is 347 g/mol. The standard InChI is InChI=1S/C16H17F5N2O2/c17-11-5-3-10(8-12(11)18)4-6-14(24)23-7-1-2-13(23)15(25)22-9-16(19,20)21/h3,5,8,13H,1-2,4,6-7,9H2,(H,22,25). The van der Waals surface area contributed by atoms with Crippen LogP contribution >= 0.6 is 0 Å². The van der Waals surface area contributed by atoms with Crippen LogP contribution in [0.15, 0.2) is 18.2 Å². The van der Waals surface area contributed by atoms with Crippen LogP contribution in [0, 0.1) is 11.6 Å². The number of hydrogen-bond donors (Lipinski definition) is 1. The van der Waals surface area contributed by atoms with E-state index in [9.17, 15) is 31.5 Å². The maximum absolute atomic E-state index is 13.1. The quantitative estimate of drug-likeness (QED) is 0.817. The van der Waals surface area contributed by atoms with E-state index in [1.54, 1.807) is 5.32 Å². The number of hydrogen-bond acceptors (Lipinski definition) is 2. The molecule has 2 amide bonds. The molecule has 9 heteroatoms. The Balaban J connectivity index is 1.91. The van der Waals surface area contributed by atoms with Crippen molar-refractivity contribution in [1.29, 1.82) is 0 Å². The summed E-state index contributed by atoms with van der Waals surface area (Å²) in [7, 11) is 0. The minimum Gasteiger partial charge on any atom is -0.345 e. The summed E-state index contributed by atoms with van der Waals surface area (Å²) in [5.41, 5.74) is 0.421. The number of alkyl halides is 3. The van der Waals surface area contributed by atoms with Gasteiger partial charge in [-0.05, 0) is 37.0 Å². The Morgan fingerprint density at radius 3 is 2.56 bits per heavy atom. The summed E-state index contributed by atoms with van der Waals surface area (Å²) >= 11 is 0. The summed E-state index contributed by atoms with van der Waals surface area (Å²) in [6, 6.07) is 2.36. The van der Waals surface area contributed by atoms with Crippen molar-refractivity contribution in [1.82, 2.24) is 10.2 Å². The zero-order valence-electron chi connectivity index (χ0n) is 13.2. The zero-order chi connectivity index (χ0) is 18.6. The van der Waals surface area contributed by atoms with Crippen LogP contribution < -0.4 is 5.32 Å². The molecule has 1 aromatic carbocycles. The Kier molecular flexibility index (Phi) is 5.97. The van der Waals surface area contributed by atoms with Crippen LogP contribution in [-0.4, -0.2) is 42.0 Å². The van der Waals surface area contributed by atoms with E-state index in [-0.39, 0.29) is 19.4 Å². The molecule has 0 spiro atoms. The van der Waals surface area contributed by atoms with E-state index in [1.807, 2.05) is 0 Å². The van der Waals surface area contributed by atoms with Crippen molar-refractivity contribution in [2.45, 2.75) is 37.9 Å². The molecule has 0 aromatic heterocycles. The highest BCUT2D eigenvalue weighted by Crippen LogP contribution is 2.20. The van der Waals surface area contributed by atoms with Crippen LogP contribution in [-0.2, 0) is 16.0 Å². The van der Waals surface area contributed by atoms with Crippen LogP contribution in [0.25, 0.3) is 0 Å². The fourth-order valence-corrected chi connectivity index (χ4v) is 2.73. The second-order valence-corrected chi connectivity index (χ2v) is 5.83. The molecule has 1 aliphatic rings. The van der Waals surface area contributed by atoms with E-state index in [0.29, 0.717) is 18.4 Å². The zero-order valence-corrected chi connectivity index (χ0v) is 13.2. The van der Waals surface area contributed by atoms with Crippen molar-refractivity contribution >= 4 is 11.8 Å². The Labute approximate surface area is 141 Å². The Morgan fingerprint density at radius 1 is 1.20 bits per heavy atom. The van der Waals surface area contributed by atoms with Crippen molar-refractivity contribution < 1.29 is 31.5 Å². The molecule has 1 N–H and O–H groups in total. The Bertz CT molecular complexity index is 648. The second kappa shape index (κ2) is 7.79. The van der Waals surface area contributed by atoms with Crippen LogP contribution in [0.2, 0.25) is 0 Å². The van der Waals surface area contributed by atoms with Crippen molar-refractivity contribution in [3.8, 4) is 0 Å². The van der Waals surface area contributed by atoms with E-state index in [0.717, 1.165) is 12.1 Å². The lowest BCUT2D eigenvalue weighted by molar-refractivity contribution is -0.144. The van der Waals surface area contributed by atoms with Gasteiger partial charge < -0.3 is 10.2 Å². The summed E-state index contributed by atoms with van der Waals surface area (Å²) in [6.07, 6.45) is -3.62. The molecule has 0 saturated carbocycles. The molecule has 1 aliphatic heterocycles. The van der Waals surface area contributed by atoms with Gasteiger partial charge >= 0.3 is 6.18 Å². The number of nitrogens with zero attached hydrogens (tertiary/aromatic N) is 1. The molecule has 1 saturated heterocycles. The van der Waals surface area contributed by atoms with Gasteiger partial charge in [-0.1, -0.05) is 6.07 Å². The number of halogens is 5. The van der Waals surface area contributed by atoms with Gasteiger partial charge in [-0.25, -0.2) is 8.78 Å². The van der Waals surface area contributed by atoms with E-state index < -0.39 is 42.2 Å². The van der Waals surface area contributed by atoms with Gasteiger partial charge in [0.15, 0.2) is 11.6 Å². The smallest absolute Gasteiger partial charge is 0.345 e. The van der Waals surface area contributed by atoms with Crippen LogP contribution in [0.5, 0.6) is 0 Å². The normalized spacial score (nSPS) is 17.6. The number of aryl methyl sites for hydroxylation is 1. The lowest BCUT2D eigenvalue weighted by Crippen LogP contribution is -2.48. The maximum Gasteiger partial charge on any atom is 0.405 e. The molecular formula is C16H17F5N2O2. The summed E-state index contributed by atoms with van der Waals surface area (Å²) in [5.74, 6) is -3.25. The SMILES string of the molecule is O=C(NCC(F)(F)F)C1CCCN1C(=O)CCc1ccc(F)c(F)c1. The van der Waals surface area contributed by atoms with Gasteiger partial charge in [0.25, 0.3) is 0 Å². The molecule has 4 nitrogen and oxygen atoms in total. The van der Waals surface area contributed by atoms with Gasteiger partial charge in [-0.15, -0.1) is 0 Å². The average molecular weight is 364 g/mol. The van der Waals surface area contributed by atoms with Gasteiger partial charge in [0, 0.05) is 13.0 Å². The first-order valence-electron chi connectivity index (χ1n) is 7.75. The topological polar surface area (TPSA) is 49.4 Å². The minimum absolute atomic E-state index is 0.0475. The highest BCUT2D eigenvalue weighted by molar-refractivity contribution is 5.88. The number of nitrogens with one attached hydrogen (secondary N) is 1. The monoisotopic (exact) mass is 364 g/mol. The summed E-state index contributed by atoms with van der Waals surface area (Å²) in [4.78, 5) is 25.4. The Morgan fingerprint density at radius 2 is 1.92 bits per heavy atom. The predicted molar refractivity (Wildman–Crippen MR) is 78.5 cm³/mol. The first-order valence-corrected chi connectivity index (χ1v) is 7.75. The third-order valence-corrected chi connectivity index (χ3v) is 3.95. The van der Waals surface area contributed by atoms with Gasteiger partial charge in [0.1, 0.15) is 12.6 Å². The largest absolute Gasteiger partial charge is 0.405 e. The van der Waals surface area contributed by atoms with Crippen molar-refractivity contribution in [2.75, 3.05) is 13.1 Å². The molecule has 2 rings (SSSR count). The summed E-state index contributed by atoms with van der Waals surface area (Å²) in [6.45, 7) is -1.17. The fourth-order valence-electron chi connectivity index (χ4n) is 2.73. The minimum atomic E-state index is -4.52. The van der Waals surface area contributed by atoms with E-state index >= 15 is 0 Å². The predicted octanol–water partition coefficient (Wildman–Crippen LogP) is 2.57. The number of benzene rings is 1. The number of amides is 2. The highest BCUT2D eigenvalue weighted by Gasteiger charge is 2.36. The molecule has 0 bridgehead atoms. The van der Waals surface area contributed by atoms with Crippen LogP contribution in [0.1, 0.15) is 24.8 Å². The molecule has 1 fully saturated rings. The first-order chi connectivity index (χ1) is 11.7. The molecule has 1 unspecified atom stereocenters. The van der Waals surface area contributed by atoms with Crippen molar-refractivity contribution in [3.63, 3.8) is 0 Å². The van der Waals surface area contributed by atoms with Crippen molar-refractivity contribution in [3.05, 3.63) is 35.4 Å². The first kappa shape index (κ1) is 19.1. The second-order valence-electron chi connectivity index (χ2n) is 5.83. The Hall–Kier alpha value is -2.19. The van der Waals surface area contributed by atoms with E-state index in [1.165, 1.54) is 11.0 Å². The molecule has 1 aromatic rings. The van der Waals surface area contributed by atoms with Crippen LogP contribution in [0.4, 0.5) is 22.0 Å². The molecule has 138 valence electrons. The van der Waals surface area contributed by atoms with E-state index in [4.69, 9.17) is 0 Å². The third kappa shape index (κ3) is 5.40. The third-order valence-electron chi connectivity index (χ3n) is 3.95. The maximum atomic E-state index is 13.1. The highest BCUT2D eigenvalue weighted by atomic mass is 19.4. The van der Waals surface area contributed by atoms with Gasteiger partial charge in [0.2, 0.25) is 11.8 Å². The summed E-state index contributed by atoms with van der Waals surface area (Å²) < 4.78 is 62.5. The van der Waals surface area contributed by atoms with Crippen molar-refractivity contribution in [2.24, 2.45) is 0 Å². The number of carbonyl (C=O) groups is 2. The molecule has 1 atom stereocenters. The van der Waals surface area contributed by atoms with Gasteiger partial charge in [-0.3, -0.25) is 9.59 Å². The van der Waals surface area contributed by atoms with Crippen LogP contribution in [0.3, 0.4) is 0 Å². The van der Waals surface area contributed by atoms with E-state index in [2.05, 4.69) is 0 Å². The summed E-state index contributed by atoms with van der Waals surface area (Å²) in [5, 5.41) is 1.79. The fraction of sp³-hybridized carbons (Fsp3) is 0.500. The molecule has 0 radical (unpaired) electrons. The molecule has 1 heterocycles. The van der Waals surface area contributed by atoms with Gasteiger partial charge in [-0.2, -0.15) is 13.2 Å². The average Bonchev–Trinajstić information content (AvgIpc) is 3.02. The van der Waals surface area contributed by atoms with Gasteiger partial charge in [0.05, 0.1) is 0 Å². The lowest BCUT2D eigenvalue weighted by atomic mass is 10.1. The number of carbonyl (C=O) groups excluding carboxylic acids is 2. The molecule has 25 heavy (non-hydrogen) atoms.